The number of aromatic nitrogens is 2. The number of H-pyrrole nitrogens is 1. The van der Waals surface area contributed by atoms with Crippen LogP contribution in [-0.4, -0.2) is 9.55 Å². The van der Waals surface area contributed by atoms with Crippen LogP contribution in [0.4, 0.5) is 0 Å². The van der Waals surface area contributed by atoms with Gasteiger partial charge in [0.1, 0.15) is 0 Å². The fraction of sp³-hybridized carbons (Fsp3) is 0.500. The van der Waals surface area contributed by atoms with E-state index in [1.54, 1.807) is 0 Å². The van der Waals surface area contributed by atoms with Gasteiger partial charge in [0, 0.05) is 9.61 Å². The molecule has 1 heterocycles. The van der Waals surface area contributed by atoms with E-state index in [0.29, 0.717) is 16.9 Å². The van der Waals surface area contributed by atoms with Gasteiger partial charge in [-0.1, -0.05) is 27.7 Å². The molecule has 0 atom stereocenters. The van der Waals surface area contributed by atoms with Gasteiger partial charge in [0.15, 0.2) is 4.77 Å². The van der Waals surface area contributed by atoms with E-state index >= 15 is 0 Å². The van der Waals surface area contributed by atoms with Crippen LogP contribution in [0.5, 0.6) is 0 Å². The Balaban J connectivity index is 2.26. The summed E-state index contributed by atoms with van der Waals surface area (Å²) in [6.45, 7) is 9.30. The van der Waals surface area contributed by atoms with Gasteiger partial charge in [-0.3, -0.25) is 0 Å². The van der Waals surface area contributed by atoms with Crippen LogP contribution in [0.15, 0.2) is 18.2 Å². The summed E-state index contributed by atoms with van der Waals surface area (Å²) < 4.78 is 4.38. The lowest BCUT2D eigenvalue weighted by molar-refractivity contribution is 0.457. The Hall–Kier alpha value is -0.360. The number of halogens is 1. The maximum atomic E-state index is 5.52. The number of aromatic amines is 1. The molecule has 0 amide bonds. The Morgan fingerprint density at radius 2 is 1.83 bits per heavy atom. The molecular weight excluding hydrogens is 355 g/mol. The number of imidazole rings is 1. The van der Waals surface area contributed by atoms with Crippen LogP contribution in [-0.2, 0) is 0 Å². The number of fused-ring (bicyclic) bond motifs is 1. The number of nitrogens with one attached hydrogen (secondary N) is 1. The molecule has 2 aromatic rings. The van der Waals surface area contributed by atoms with Crippen LogP contribution >= 0.6 is 34.8 Å². The van der Waals surface area contributed by atoms with Crippen molar-refractivity contribution in [1.29, 1.82) is 0 Å². The Labute approximate surface area is 126 Å². The molecular formula is C14H17IN2S. The van der Waals surface area contributed by atoms with Crippen LogP contribution < -0.4 is 0 Å². The highest BCUT2D eigenvalue weighted by molar-refractivity contribution is 14.1. The molecule has 1 aliphatic rings. The summed E-state index contributed by atoms with van der Waals surface area (Å²) in [7, 11) is 0. The summed E-state index contributed by atoms with van der Waals surface area (Å²) in [5, 5.41) is 0. The third-order valence-corrected chi connectivity index (χ3v) is 5.85. The van der Waals surface area contributed by atoms with Gasteiger partial charge in [0.05, 0.1) is 11.0 Å². The van der Waals surface area contributed by atoms with E-state index in [1.165, 1.54) is 9.09 Å². The molecule has 1 saturated carbocycles. The van der Waals surface area contributed by atoms with Crippen molar-refractivity contribution in [3.8, 4) is 0 Å². The lowest BCUT2D eigenvalue weighted by Crippen LogP contribution is -2.00. The fourth-order valence-corrected chi connectivity index (χ4v) is 3.97. The first-order chi connectivity index (χ1) is 8.26. The lowest BCUT2D eigenvalue weighted by Gasteiger charge is -2.06. The van der Waals surface area contributed by atoms with E-state index < -0.39 is 0 Å². The second-order valence-electron chi connectivity index (χ2n) is 6.31. The monoisotopic (exact) mass is 372 g/mol. The van der Waals surface area contributed by atoms with E-state index in [1.807, 2.05) is 0 Å². The fourth-order valence-electron chi connectivity index (χ4n) is 3.17. The first-order valence-corrected chi connectivity index (χ1v) is 7.65. The van der Waals surface area contributed by atoms with Crippen molar-refractivity contribution in [2.24, 2.45) is 10.8 Å². The first-order valence-electron chi connectivity index (χ1n) is 6.16. The summed E-state index contributed by atoms with van der Waals surface area (Å²) >= 11 is 7.85. The molecule has 2 nitrogen and oxygen atoms in total. The van der Waals surface area contributed by atoms with Gasteiger partial charge in [0.25, 0.3) is 0 Å². The Morgan fingerprint density at radius 3 is 2.39 bits per heavy atom. The van der Waals surface area contributed by atoms with Crippen molar-refractivity contribution >= 4 is 45.8 Å². The molecule has 1 aromatic heterocycles. The SMILES string of the molecule is CC1(C)C(n2c(=S)[nH]c3cc(I)ccc32)C1(C)C. The molecule has 96 valence electrons. The molecule has 1 aromatic carbocycles. The summed E-state index contributed by atoms with van der Waals surface area (Å²) in [6.07, 6.45) is 0. The number of nitrogens with zero attached hydrogens (tertiary/aromatic N) is 1. The molecule has 0 bridgehead atoms. The van der Waals surface area contributed by atoms with Crippen molar-refractivity contribution in [3.63, 3.8) is 0 Å². The zero-order chi connectivity index (χ0) is 13.3. The molecule has 1 N–H and O–H groups in total. The molecule has 0 unspecified atom stereocenters. The van der Waals surface area contributed by atoms with Crippen LogP contribution in [0.2, 0.25) is 0 Å². The number of rotatable bonds is 1. The molecule has 3 rings (SSSR count). The second kappa shape index (κ2) is 3.60. The lowest BCUT2D eigenvalue weighted by atomic mass is 10.0. The maximum Gasteiger partial charge on any atom is 0.178 e. The molecule has 1 aliphatic carbocycles. The van der Waals surface area contributed by atoms with E-state index in [0.717, 1.165) is 10.3 Å². The molecule has 4 heteroatoms. The Bertz CT molecular complexity index is 679. The van der Waals surface area contributed by atoms with Gasteiger partial charge < -0.3 is 9.55 Å². The average Bonchev–Trinajstić information content (AvgIpc) is 2.52. The minimum absolute atomic E-state index is 0.295. The second-order valence-corrected chi connectivity index (χ2v) is 7.94. The van der Waals surface area contributed by atoms with Crippen molar-refractivity contribution in [3.05, 3.63) is 26.5 Å². The van der Waals surface area contributed by atoms with Crippen molar-refractivity contribution in [2.75, 3.05) is 0 Å². The highest BCUT2D eigenvalue weighted by atomic mass is 127. The predicted molar refractivity (Wildman–Crippen MR) is 86.4 cm³/mol. The molecule has 0 saturated heterocycles. The van der Waals surface area contributed by atoms with Gasteiger partial charge in [-0.25, -0.2) is 0 Å². The number of benzene rings is 1. The normalized spacial score (nSPS) is 21.4. The third-order valence-electron chi connectivity index (χ3n) is 4.88. The topological polar surface area (TPSA) is 20.7 Å². The van der Waals surface area contributed by atoms with Gasteiger partial charge in [-0.2, -0.15) is 0 Å². The van der Waals surface area contributed by atoms with E-state index in [4.69, 9.17) is 12.2 Å². The molecule has 0 spiro atoms. The van der Waals surface area contributed by atoms with E-state index in [2.05, 4.69) is 78.0 Å². The van der Waals surface area contributed by atoms with Gasteiger partial charge in [-0.05, 0) is 63.8 Å². The number of hydrogen-bond donors (Lipinski definition) is 1. The summed E-state index contributed by atoms with van der Waals surface area (Å²) in [5.74, 6) is 0. The predicted octanol–water partition coefficient (Wildman–Crippen LogP) is 4.91. The molecule has 0 aliphatic heterocycles. The average molecular weight is 372 g/mol. The standard InChI is InChI=1S/C14H17IN2S/c1-13(2)11(14(13,3)4)17-10-6-5-8(15)7-9(10)16-12(17)18/h5-7,11H,1-4H3,(H,16,18). The highest BCUT2D eigenvalue weighted by Gasteiger charge is 2.66. The minimum atomic E-state index is 0.295. The van der Waals surface area contributed by atoms with Crippen molar-refractivity contribution in [1.82, 2.24) is 9.55 Å². The molecule has 0 radical (unpaired) electrons. The third kappa shape index (κ3) is 1.48. The van der Waals surface area contributed by atoms with Crippen molar-refractivity contribution in [2.45, 2.75) is 33.7 Å². The van der Waals surface area contributed by atoms with Gasteiger partial charge >= 0.3 is 0 Å². The molecule has 18 heavy (non-hydrogen) atoms. The smallest absolute Gasteiger partial charge is 0.178 e. The van der Waals surface area contributed by atoms with Crippen LogP contribution in [0.1, 0.15) is 33.7 Å². The van der Waals surface area contributed by atoms with Crippen LogP contribution in [0.25, 0.3) is 11.0 Å². The zero-order valence-corrected chi connectivity index (χ0v) is 14.0. The number of hydrogen-bond acceptors (Lipinski definition) is 1. The summed E-state index contributed by atoms with van der Waals surface area (Å²) in [6, 6.07) is 6.95. The van der Waals surface area contributed by atoms with Crippen molar-refractivity contribution < 1.29 is 0 Å². The highest BCUT2D eigenvalue weighted by Crippen LogP contribution is 2.71. The minimum Gasteiger partial charge on any atom is -0.331 e. The van der Waals surface area contributed by atoms with Gasteiger partial charge in [-0.15, -0.1) is 0 Å². The quantitative estimate of drug-likeness (QED) is 0.557. The van der Waals surface area contributed by atoms with E-state index in [-0.39, 0.29) is 0 Å². The van der Waals surface area contributed by atoms with Gasteiger partial charge in [0.2, 0.25) is 0 Å². The Kier molecular flexibility index (Phi) is 2.53. The van der Waals surface area contributed by atoms with Crippen LogP contribution in [0.3, 0.4) is 0 Å². The Morgan fingerprint density at radius 1 is 1.22 bits per heavy atom. The molecule has 1 fully saturated rings. The maximum absolute atomic E-state index is 5.52. The largest absolute Gasteiger partial charge is 0.331 e. The van der Waals surface area contributed by atoms with Crippen LogP contribution in [0, 0.1) is 19.2 Å². The van der Waals surface area contributed by atoms with E-state index in [9.17, 15) is 0 Å². The zero-order valence-electron chi connectivity index (χ0n) is 11.0. The summed E-state index contributed by atoms with van der Waals surface area (Å²) in [5.41, 5.74) is 2.96. The summed E-state index contributed by atoms with van der Waals surface area (Å²) in [4.78, 5) is 3.34. The first kappa shape index (κ1) is 12.7.